The summed E-state index contributed by atoms with van der Waals surface area (Å²) < 4.78 is 0. The van der Waals surface area contributed by atoms with Gasteiger partial charge >= 0.3 is 5.97 Å². The molecule has 0 amide bonds. The van der Waals surface area contributed by atoms with Gasteiger partial charge in [-0.15, -0.1) is 0 Å². The number of benzene rings is 1. The number of carbonyl (C=O) groups is 1. The molecule has 0 saturated heterocycles. The van der Waals surface area contributed by atoms with E-state index >= 15 is 0 Å². The van der Waals surface area contributed by atoms with E-state index in [1.54, 1.807) is 24.3 Å². The van der Waals surface area contributed by atoms with Gasteiger partial charge in [-0.1, -0.05) is 27.7 Å². The summed E-state index contributed by atoms with van der Waals surface area (Å²) in [5.74, 6) is 1.16. The van der Waals surface area contributed by atoms with Gasteiger partial charge in [-0.05, 0) is 30.2 Å². The van der Waals surface area contributed by atoms with Gasteiger partial charge in [0.25, 0.3) is 0 Å². The Morgan fingerprint density at radius 1 is 1.05 bits per heavy atom. The molecule has 0 fully saturated rings. The van der Waals surface area contributed by atoms with Crippen LogP contribution in [0.3, 0.4) is 0 Å². The van der Waals surface area contributed by atoms with Crippen LogP contribution < -0.4 is 5.32 Å². The number of hydrogen-bond acceptors (Lipinski definition) is 4. The molecule has 0 radical (unpaired) electrons. The Hall–Kier alpha value is -2.43. The Bertz CT molecular complexity index is 638. The average molecular weight is 299 g/mol. The lowest BCUT2D eigenvalue weighted by Gasteiger charge is -2.13. The van der Waals surface area contributed by atoms with E-state index in [-0.39, 0.29) is 11.5 Å². The predicted molar refractivity (Wildman–Crippen MR) is 86.9 cm³/mol. The Morgan fingerprint density at radius 2 is 1.68 bits per heavy atom. The molecule has 0 aliphatic heterocycles. The summed E-state index contributed by atoms with van der Waals surface area (Å²) in [5, 5.41) is 12.1. The first kappa shape index (κ1) is 15.9. The van der Waals surface area contributed by atoms with Gasteiger partial charge in [0.05, 0.1) is 5.56 Å². The van der Waals surface area contributed by atoms with Crippen molar-refractivity contribution in [3.05, 3.63) is 47.4 Å². The second kappa shape index (κ2) is 6.56. The molecule has 0 spiro atoms. The summed E-state index contributed by atoms with van der Waals surface area (Å²) in [6.07, 6.45) is 0. The van der Waals surface area contributed by atoms with Crippen molar-refractivity contribution >= 4 is 17.5 Å². The molecule has 1 aromatic carbocycles. The first-order valence-corrected chi connectivity index (χ1v) is 7.36. The summed E-state index contributed by atoms with van der Waals surface area (Å²) >= 11 is 0. The zero-order chi connectivity index (χ0) is 16.3. The molecule has 1 heterocycles. The molecule has 0 aliphatic carbocycles. The van der Waals surface area contributed by atoms with Crippen LogP contribution in [0.4, 0.5) is 11.5 Å². The lowest BCUT2D eigenvalue weighted by Crippen LogP contribution is -2.06. The summed E-state index contributed by atoms with van der Waals surface area (Å²) in [4.78, 5) is 20.0. The van der Waals surface area contributed by atoms with Crippen molar-refractivity contribution in [2.24, 2.45) is 0 Å². The topological polar surface area (TPSA) is 75.1 Å². The summed E-state index contributed by atoms with van der Waals surface area (Å²) in [6.45, 7) is 8.31. The molecule has 1 aromatic heterocycles. The Balaban J connectivity index is 2.29. The van der Waals surface area contributed by atoms with Crippen LogP contribution >= 0.6 is 0 Å². The van der Waals surface area contributed by atoms with Gasteiger partial charge in [-0.3, -0.25) is 0 Å². The van der Waals surface area contributed by atoms with Gasteiger partial charge in [0.15, 0.2) is 0 Å². The first-order chi connectivity index (χ1) is 10.4. The van der Waals surface area contributed by atoms with Gasteiger partial charge < -0.3 is 10.4 Å². The smallest absolute Gasteiger partial charge is 0.335 e. The van der Waals surface area contributed by atoms with E-state index in [0.29, 0.717) is 5.92 Å². The highest BCUT2D eigenvalue weighted by Gasteiger charge is 2.11. The second-order valence-corrected chi connectivity index (χ2v) is 5.85. The number of aromatic nitrogens is 2. The van der Waals surface area contributed by atoms with E-state index in [1.165, 1.54) is 0 Å². The number of aromatic carboxylic acids is 1. The molecule has 0 aliphatic rings. The molecule has 0 saturated carbocycles. The van der Waals surface area contributed by atoms with Crippen LogP contribution in [0.15, 0.2) is 30.3 Å². The number of carboxylic acid groups (broad SMARTS) is 1. The van der Waals surface area contributed by atoms with Crippen LogP contribution in [0, 0.1) is 0 Å². The summed E-state index contributed by atoms with van der Waals surface area (Å²) in [5.41, 5.74) is 2.05. The maximum Gasteiger partial charge on any atom is 0.335 e. The molecule has 5 heteroatoms. The van der Waals surface area contributed by atoms with Crippen molar-refractivity contribution in [2.75, 3.05) is 5.32 Å². The predicted octanol–water partition coefficient (Wildman–Crippen LogP) is 4.17. The first-order valence-electron chi connectivity index (χ1n) is 7.36. The van der Waals surface area contributed by atoms with Crippen LogP contribution in [0.1, 0.15) is 61.4 Å². The van der Waals surface area contributed by atoms with Crippen molar-refractivity contribution in [1.82, 2.24) is 9.97 Å². The standard InChI is InChI=1S/C17H21N3O2/c1-10(2)14-9-15(20-16(19-14)11(3)4)18-13-7-5-12(6-8-13)17(21)22/h5-11H,1-4H3,(H,21,22)(H,18,19,20). The number of nitrogens with zero attached hydrogens (tertiary/aromatic N) is 2. The maximum absolute atomic E-state index is 10.9. The fourth-order valence-electron chi connectivity index (χ4n) is 1.95. The molecule has 0 bridgehead atoms. The number of hydrogen-bond donors (Lipinski definition) is 2. The van der Waals surface area contributed by atoms with E-state index in [0.717, 1.165) is 23.0 Å². The zero-order valence-corrected chi connectivity index (χ0v) is 13.3. The van der Waals surface area contributed by atoms with Gasteiger partial charge in [-0.2, -0.15) is 0 Å². The minimum absolute atomic E-state index is 0.244. The van der Waals surface area contributed by atoms with Crippen molar-refractivity contribution in [3.8, 4) is 0 Å². The molecule has 0 unspecified atom stereocenters. The Labute approximate surface area is 130 Å². The third kappa shape index (κ3) is 3.81. The average Bonchev–Trinajstić information content (AvgIpc) is 2.47. The van der Waals surface area contributed by atoms with E-state index in [9.17, 15) is 4.79 Å². The highest BCUT2D eigenvalue weighted by atomic mass is 16.4. The molecular formula is C17H21N3O2. The van der Waals surface area contributed by atoms with E-state index in [2.05, 4.69) is 43.0 Å². The zero-order valence-electron chi connectivity index (χ0n) is 13.3. The van der Waals surface area contributed by atoms with Gasteiger partial charge in [0, 0.05) is 23.4 Å². The maximum atomic E-state index is 10.9. The third-order valence-corrected chi connectivity index (χ3v) is 3.28. The fraction of sp³-hybridized carbons (Fsp3) is 0.353. The van der Waals surface area contributed by atoms with Crippen LogP contribution in [-0.4, -0.2) is 21.0 Å². The SMILES string of the molecule is CC(C)c1cc(Nc2ccc(C(=O)O)cc2)nc(C(C)C)n1. The summed E-state index contributed by atoms with van der Waals surface area (Å²) in [7, 11) is 0. The Kier molecular flexibility index (Phi) is 4.75. The van der Waals surface area contributed by atoms with Crippen LogP contribution in [0.2, 0.25) is 0 Å². The van der Waals surface area contributed by atoms with E-state index < -0.39 is 5.97 Å². The van der Waals surface area contributed by atoms with Gasteiger partial charge in [-0.25, -0.2) is 14.8 Å². The lowest BCUT2D eigenvalue weighted by molar-refractivity contribution is 0.0697. The largest absolute Gasteiger partial charge is 0.478 e. The molecule has 2 rings (SSSR count). The van der Waals surface area contributed by atoms with Crippen LogP contribution in [0.25, 0.3) is 0 Å². The normalized spacial score (nSPS) is 11.0. The molecule has 0 atom stereocenters. The minimum Gasteiger partial charge on any atom is -0.478 e. The number of anilines is 2. The Morgan fingerprint density at radius 3 is 2.18 bits per heavy atom. The van der Waals surface area contributed by atoms with Crippen LogP contribution in [0.5, 0.6) is 0 Å². The van der Waals surface area contributed by atoms with Crippen molar-refractivity contribution < 1.29 is 9.90 Å². The van der Waals surface area contributed by atoms with E-state index in [1.807, 2.05) is 6.07 Å². The lowest BCUT2D eigenvalue weighted by atomic mass is 10.1. The summed E-state index contributed by atoms with van der Waals surface area (Å²) in [6, 6.07) is 8.53. The van der Waals surface area contributed by atoms with Gasteiger partial charge in [0.2, 0.25) is 0 Å². The fourth-order valence-corrected chi connectivity index (χ4v) is 1.95. The molecule has 22 heavy (non-hydrogen) atoms. The number of nitrogens with one attached hydrogen (secondary N) is 1. The quantitative estimate of drug-likeness (QED) is 0.866. The second-order valence-electron chi connectivity index (χ2n) is 5.85. The molecule has 116 valence electrons. The highest BCUT2D eigenvalue weighted by Crippen LogP contribution is 2.22. The molecular weight excluding hydrogens is 278 g/mol. The van der Waals surface area contributed by atoms with Crippen LogP contribution in [-0.2, 0) is 0 Å². The van der Waals surface area contributed by atoms with Crippen molar-refractivity contribution in [3.63, 3.8) is 0 Å². The number of rotatable bonds is 5. The van der Waals surface area contributed by atoms with Crippen molar-refractivity contribution in [2.45, 2.75) is 39.5 Å². The number of carboxylic acids is 1. The minimum atomic E-state index is -0.933. The molecule has 2 aromatic rings. The monoisotopic (exact) mass is 299 g/mol. The van der Waals surface area contributed by atoms with Gasteiger partial charge in [0.1, 0.15) is 11.6 Å². The molecule has 5 nitrogen and oxygen atoms in total. The molecule has 2 N–H and O–H groups in total. The third-order valence-electron chi connectivity index (χ3n) is 3.28. The van der Waals surface area contributed by atoms with Crippen molar-refractivity contribution in [1.29, 1.82) is 0 Å². The van der Waals surface area contributed by atoms with E-state index in [4.69, 9.17) is 5.11 Å². The highest BCUT2D eigenvalue weighted by molar-refractivity contribution is 5.88.